The van der Waals surface area contributed by atoms with Gasteiger partial charge in [0, 0.05) is 5.92 Å². The summed E-state index contributed by atoms with van der Waals surface area (Å²) in [5.74, 6) is 1.42. The van der Waals surface area contributed by atoms with Gasteiger partial charge in [0.2, 0.25) is 5.91 Å². The molecule has 1 fully saturated rings. The van der Waals surface area contributed by atoms with E-state index in [9.17, 15) is 4.79 Å². The first kappa shape index (κ1) is 17.8. The minimum Gasteiger partial charge on any atom is -0.492 e. The molecule has 23 heavy (non-hydrogen) atoms. The van der Waals surface area contributed by atoms with Crippen LogP contribution in [0.1, 0.15) is 45.6 Å². The molecule has 1 aromatic carbocycles. The predicted molar refractivity (Wildman–Crippen MR) is 93.5 cm³/mol. The van der Waals surface area contributed by atoms with Crippen molar-refractivity contribution in [1.29, 1.82) is 0 Å². The second kappa shape index (κ2) is 7.82. The number of nitrogens with one attached hydrogen (secondary N) is 1. The van der Waals surface area contributed by atoms with Crippen LogP contribution in [0.5, 0.6) is 5.75 Å². The first-order valence-corrected chi connectivity index (χ1v) is 8.63. The van der Waals surface area contributed by atoms with Crippen LogP contribution in [0.2, 0.25) is 0 Å². The van der Waals surface area contributed by atoms with Crippen LogP contribution >= 0.6 is 0 Å². The fourth-order valence-corrected chi connectivity index (χ4v) is 3.19. The van der Waals surface area contributed by atoms with Gasteiger partial charge in [-0.1, -0.05) is 39.3 Å². The van der Waals surface area contributed by atoms with Crippen LogP contribution in [0.25, 0.3) is 0 Å². The van der Waals surface area contributed by atoms with Gasteiger partial charge in [-0.05, 0) is 48.4 Å². The molecule has 1 aromatic rings. The molecule has 2 rings (SSSR count). The zero-order chi connectivity index (χ0) is 16.9. The summed E-state index contributed by atoms with van der Waals surface area (Å²) in [6.45, 7) is 8.17. The third-order valence-corrected chi connectivity index (χ3v) is 4.67. The second-order valence-corrected chi connectivity index (χ2v) is 7.45. The lowest BCUT2D eigenvalue weighted by molar-refractivity contribution is -0.126. The maximum atomic E-state index is 12.2. The molecule has 1 aliphatic rings. The Bertz CT molecular complexity index is 522. The first-order valence-electron chi connectivity index (χ1n) is 8.63. The Labute approximate surface area is 139 Å². The number of rotatable bonds is 6. The molecule has 1 saturated carbocycles. The van der Waals surface area contributed by atoms with E-state index in [0.29, 0.717) is 25.6 Å². The normalized spacial score (nSPS) is 21.2. The maximum Gasteiger partial charge on any atom is 0.223 e. The third-order valence-electron chi connectivity index (χ3n) is 4.67. The van der Waals surface area contributed by atoms with Crippen LogP contribution < -0.4 is 15.8 Å². The van der Waals surface area contributed by atoms with Gasteiger partial charge in [0.25, 0.3) is 0 Å². The average Bonchev–Trinajstić information content (AvgIpc) is 2.99. The van der Waals surface area contributed by atoms with Crippen molar-refractivity contribution >= 4 is 5.91 Å². The van der Waals surface area contributed by atoms with Gasteiger partial charge >= 0.3 is 0 Å². The van der Waals surface area contributed by atoms with Crippen molar-refractivity contribution in [2.45, 2.75) is 45.4 Å². The van der Waals surface area contributed by atoms with E-state index in [2.05, 4.69) is 38.2 Å². The maximum absolute atomic E-state index is 12.2. The standard InChI is InChI=1S/C19H30N2O2/c1-19(2,3)15-7-5-8-16(12-15)23-11-10-21-18(22)17-9-4-6-14(17)13-20/h5,7-8,12,14,17H,4,6,9-11,13,20H2,1-3H3,(H,21,22)/t14-,17-/m1/s1. The van der Waals surface area contributed by atoms with E-state index < -0.39 is 0 Å². The van der Waals surface area contributed by atoms with E-state index in [1.807, 2.05) is 12.1 Å². The van der Waals surface area contributed by atoms with E-state index in [1.165, 1.54) is 5.56 Å². The first-order chi connectivity index (χ1) is 10.9. The van der Waals surface area contributed by atoms with E-state index in [4.69, 9.17) is 10.5 Å². The molecule has 0 heterocycles. The number of hydrogen-bond donors (Lipinski definition) is 2. The molecule has 1 amide bonds. The van der Waals surface area contributed by atoms with Crippen molar-refractivity contribution in [2.75, 3.05) is 19.7 Å². The van der Waals surface area contributed by atoms with Crippen LogP contribution in [0, 0.1) is 11.8 Å². The van der Waals surface area contributed by atoms with Crippen molar-refractivity contribution < 1.29 is 9.53 Å². The minimum atomic E-state index is 0.0872. The zero-order valence-electron chi connectivity index (χ0n) is 14.6. The van der Waals surface area contributed by atoms with Gasteiger partial charge in [-0.2, -0.15) is 0 Å². The number of benzene rings is 1. The highest BCUT2D eigenvalue weighted by Crippen LogP contribution is 2.30. The highest BCUT2D eigenvalue weighted by Gasteiger charge is 2.31. The Balaban J connectivity index is 1.76. The Morgan fingerprint density at radius 3 is 2.83 bits per heavy atom. The number of amides is 1. The Morgan fingerprint density at radius 1 is 1.35 bits per heavy atom. The molecule has 4 heteroatoms. The smallest absolute Gasteiger partial charge is 0.223 e. The summed E-state index contributed by atoms with van der Waals surface area (Å²) in [5.41, 5.74) is 7.09. The van der Waals surface area contributed by atoms with E-state index in [0.717, 1.165) is 25.0 Å². The van der Waals surface area contributed by atoms with E-state index >= 15 is 0 Å². The van der Waals surface area contributed by atoms with Crippen LogP contribution in [0.4, 0.5) is 0 Å². The molecule has 0 aromatic heterocycles. The van der Waals surface area contributed by atoms with Gasteiger partial charge in [-0.15, -0.1) is 0 Å². The average molecular weight is 318 g/mol. The van der Waals surface area contributed by atoms with Crippen LogP contribution in [0.15, 0.2) is 24.3 Å². The quantitative estimate of drug-likeness (QED) is 0.793. The molecule has 4 nitrogen and oxygen atoms in total. The van der Waals surface area contributed by atoms with Crippen molar-refractivity contribution in [3.63, 3.8) is 0 Å². The molecular formula is C19H30N2O2. The molecule has 0 bridgehead atoms. The topological polar surface area (TPSA) is 64.3 Å². The lowest BCUT2D eigenvalue weighted by atomic mass is 9.87. The Kier molecular flexibility index (Phi) is 6.05. The highest BCUT2D eigenvalue weighted by molar-refractivity contribution is 5.79. The van der Waals surface area contributed by atoms with E-state index in [-0.39, 0.29) is 17.2 Å². The van der Waals surface area contributed by atoms with Crippen LogP contribution in [0.3, 0.4) is 0 Å². The Hall–Kier alpha value is -1.55. The number of carbonyl (C=O) groups excluding carboxylic acids is 1. The van der Waals surface area contributed by atoms with Crippen molar-refractivity contribution in [1.82, 2.24) is 5.32 Å². The molecule has 0 radical (unpaired) electrons. The van der Waals surface area contributed by atoms with Gasteiger partial charge in [0.05, 0.1) is 6.54 Å². The van der Waals surface area contributed by atoms with Crippen LogP contribution in [-0.4, -0.2) is 25.6 Å². The summed E-state index contributed by atoms with van der Waals surface area (Å²) >= 11 is 0. The van der Waals surface area contributed by atoms with Crippen molar-refractivity contribution in [2.24, 2.45) is 17.6 Å². The molecule has 0 aliphatic heterocycles. The lowest BCUT2D eigenvalue weighted by Gasteiger charge is -2.20. The molecule has 3 N–H and O–H groups in total. The van der Waals surface area contributed by atoms with Gasteiger partial charge in [0.1, 0.15) is 12.4 Å². The molecule has 2 atom stereocenters. The third kappa shape index (κ3) is 4.96. The summed E-state index contributed by atoms with van der Waals surface area (Å²) in [4.78, 5) is 12.2. The number of nitrogens with two attached hydrogens (primary N) is 1. The molecule has 1 aliphatic carbocycles. The number of ether oxygens (including phenoxy) is 1. The summed E-state index contributed by atoms with van der Waals surface area (Å²) in [6, 6.07) is 8.16. The molecule has 0 spiro atoms. The second-order valence-electron chi connectivity index (χ2n) is 7.45. The molecular weight excluding hydrogens is 288 g/mol. The fraction of sp³-hybridized carbons (Fsp3) is 0.632. The van der Waals surface area contributed by atoms with Gasteiger partial charge < -0.3 is 15.8 Å². The van der Waals surface area contributed by atoms with Gasteiger partial charge in [-0.3, -0.25) is 4.79 Å². The van der Waals surface area contributed by atoms with Gasteiger partial charge in [-0.25, -0.2) is 0 Å². The summed E-state index contributed by atoms with van der Waals surface area (Å²) in [5, 5.41) is 2.98. The summed E-state index contributed by atoms with van der Waals surface area (Å²) in [6.07, 6.45) is 3.14. The largest absolute Gasteiger partial charge is 0.492 e. The zero-order valence-corrected chi connectivity index (χ0v) is 14.6. The van der Waals surface area contributed by atoms with E-state index in [1.54, 1.807) is 0 Å². The SMILES string of the molecule is CC(C)(C)c1cccc(OCCNC(=O)[C@@H]2CCC[C@@H]2CN)c1. The van der Waals surface area contributed by atoms with Crippen molar-refractivity contribution in [3.8, 4) is 5.75 Å². The predicted octanol–water partition coefficient (Wildman–Crippen LogP) is 2.85. The Morgan fingerprint density at radius 2 is 2.13 bits per heavy atom. The molecule has 0 unspecified atom stereocenters. The molecule has 128 valence electrons. The summed E-state index contributed by atoms with van der Waals surface area (Å²) in [7, 11) is 0. The van der Waals surface area contributed by atoms with Gasteiger partial charge in [0.15, 0.2) is 0 Å². The fourth-order valence-electron chi connectivity index (χ4n) is 3.19. The minimum absolute atomic E-state index is 0.0872. The highest BCUT2D eigenvalue weighted by atomic mass is 16.5. The number of hydrogen-bond acceptors (Lipinski definition) is 3. The summed E-state index contributed by atoms with van der Waals surface area (Å²) < 4.78 is 5.77. The molecule has 0 saturated heterocycles. The lowest BCUT2D eigenvalue weighted by Crippen LogP contribution is -2.37. The number of carbonyl (C=O) groups is 1. The van der Waals surface area contributed by atoms with Crippen LogP contribution in [-0.2, 0) is 10.2 Å². The van der Waals surface area contributed by atoms with Crippen molar-refractivity contribution in [3.05, 3.63) is 29.8 Å². The monoisotopic (exact) mass is 318 g/mol.